The molecular weight excluding hydrogens is 280 g/mol. The molecule has 5 heteroatoms. The van der Waals surface area contributed by atoms with Crippen LogP contribution in [0.15, 0.2) is 24.8 Å². The van der Waals surface area contributed by atoms with Crippen molar-refractivity contribution in [3.8, 4) is 0 Å². The molecule has 2 aliphatic rings. The van der Waals surface area contributed by atoms with E-state index >= 15 is 0 Å². The first-order valence-electron chi connectivity index (χ1n) is 8.01. The number of carbonyl (C=O) groups is 3. The normalized spacial score (nSPS) is 21.7. The fraction of sp³-hybridized carbons (Fsp3) is 0.588. The van der Waals surface area contributed by atoms with Crippen LogP contribution in [0.1, 0.15) is 38.5 Å². The Hall–Kier alpha value is -1.91. The highest BCUT2D eigenvalue weighted by atomic mass is 16.2. The zero-order valence-electron chi connectivity index (χ0n) is 12.8. The molecule has 0 bridgehead atoms. The summed E-state index contributed by atoms with van der Waals surface area (Å²) in [5, 5.41) is 5.28. The molecule has 0 aromatic carbocycles. The van der Waals surface area contributed by atoms with Crippen LogP contribution in [-0.4, -0.2) is 30.2 Å². The average Bonchev–Trinajstić information content (AvgIpc) is 3.36. The van der Waals surface area contributed by atoms with Gasteiger partial charge in [0.25, 0.3) is 5.91 Å². The highest BCUT2D eigenvalue weighted by molar-refractivity contribution is 6.38. The Balaban J connectivity index is 1.95. The molecule has 120 valence electrons. The van der Waals surface area contributed by atoms with Crippen molar-refractivity contribution in [1.82, 2.24) is 10.6 Å². The molecule has 2 amide bonds. The van der Waals surface area contributed by atoms with Gasteiger partial charge in [0, 0.05) is 6.54 Å². The fourth-order valence-corrected chi connectivity index (χ4v) is 2.64. The Morgan fingerprint density at radius 1 is 1.27 bits per heavy atom. The Bertz CT molecular complexity index is 480. The summed E-state index contributed by atoms with van der Waals surface area (Å²) in [6.07, 6.45) is 10.9. The Labute approximate surface area is 131 Å². The minimum absolute atomic E-state index is 0.147. The molecule has 2 aliphatic carbocycles. The highest BCUT2D eigenvalue weighted by Gasteiger charge is 2.34. The third-order valence-electron chi connectivity index (χ3n) is 4.12. The maximum absolute atomic E-state index is 12.3. The van der Waals surface area contributed by atoms with Crippen LogP contribution in [0.4, 0.5) is 0 Å². The van der Waals surface area contributed by atoms with E-state index in [0.29, 0.717) is 12.3 Å². The molecule has 22 heavy (non-hydrogen) atoms. The summed E-state index contributed by atoms with van der Waals surface area (Å²) in [4.78, 5) is 36.4. The second-order valence-corrected chi connectivity index (χ2v) is 6.07. The summed E-state index contributed by atoms with van der Waals surface area (Å²) in [5.41, 5.74) is 0. The molecule has 0 heterocycles. The summed E-state index contributed by atoms with van der Waals surface area (Å²) < 4.78 is 0. The molecule has 5 nitrogen and oxygen atoms in total. The first-order chi connectivity index (χ1) is 10.6. The van der Waals surface area contributed by atoms with Gasteiger partial charge in [0.2, 0.25) is 11.7 Å². The molecule has 2 N–H and O–H groups in total. The van der Waals surface area contributed by atoms with Crippen LogP contribution in [0.5, 0.6) is 0 Å². The van der Waals surface area contributed by atoms with Crippen LogP contribution in [0.2, 0.25) is 0 Å². The second kappa shape index (κ2) is 7.92. The quantitative estimate of drug-likeness (QED) is 0.527. The van der Waals surface area contributed by atoms with Gasteiger partial charge in [0.05, 0.1) is 12.0 Å². The van der Waals surface area contributed by atoms with Crippen molar-refractivity contribution in [3.63, 3.8) is 0 Å². The molecule has 2 atom stereocenters. The number of nitrogens with one attached hydrogen (secondary N) is 2. The molecule has 0 aromatic rings. The van der Waals surface area contributed by atoms with Gasteiger partial charge in [-0.25, -0.2) is 0 Å². The Morgan fingerprint density at radius 2 is 2.05 bits per heavy atom. The van der Waals surface area contributed by atoms with E-state index in [1.54, 1.807) is 0 Å². The zero-order chi connectivity index (χ0) is 15.9. The number of Topliss-reactive ketones (excluding diaryl/α,β-unsaturated/α-hetero) is 1. The Kier molecular flexibility index (Phi) is 5.92. The van der Waals surface area contributed by atoms with E-state index < -0.39 is 17.7 Å². The SMILES string of the molecule is C=CCNC(=O)C(=O)C(CC1CC1)NC(=O)[C@H]1C=CCCC1. The van der Waals surface area contributed by atoms with E-state index in [1.807, 2.05) is 12.2 Å². The number of carbonyl (C=O) groups excluding carboxylic acids is 3. The minimum atomic E-state index is -0.708. The zero-order valence-corrected chi connectivity index (χ0v) is 12.8. The lowest BCUT2D eigenvalue weighted by Gasteiger charge is -2.21. The minimum Gasteiger partial charge on any atom is -0.346 e. The van der Waals surface area contributed by atoms with Crippen LogP contribution in [0.3, 0.4) is 0 Å². The number of allylic oxidation sites excluding steroid dienone is 1. The maximum Gasteiger partial charge on any atom is 0.289 e. The lowest BCUT2D eigenvalue weighted by Crippen LogP contribution is -2.49. The number of hydrogen-bond donors (Lipinski definition) is 2. The summed E-state index contributed by atoms with van der Waals surface area (Å²) in [7, 11) is 0. The van der Waals surface area contributed by atoms with Crippen LogP contribution >= 0.6 is 0 Å². The molecule has 1 saturated carbocycles. The van der Waals surface area contributed by atoms with E-state index in [4.69, 9.17) is 0 Å². The monoisotopic (exact) mass is 304 g/mol. The molecular formula is C17H24N2O3. The molecule has 0 aromatic heterocycles. The summed E-state index contributed by atoms with van der Waals surface area (Å²) >= 11 is 0. The van der Waals surface area contributed by atoms with Gasteiger partial charge >= 0.3 is 0 Å². The van der Waals surface area contributed by atoms with Crippen molar-refractivity contribution < 1.29 is 14.4 Å². The predicted octanol–water partition coefficient (Wildman–Crippen LogP) is 1.50. The molecule has 1 fully saturated rings. The summed E-state index contributed by atoms with van der Waals surface area (Å²) in [6, 6.07) is -0.708. The van der Waals surface area contributed by atoms with Crippen molar-refractivity contribution in [2.45, 2.75) is 44.6 Å². The number of rotatable bonds is 8. The van der Waals surface area contributed by atoms with Gasteiger partial charge in [-0.1, -0.05) is 31.1 Å². The molecule has 1 unspecified atom stereocenters. The molecule has 0 spiro atoms. The topological polar surface area (TPSA) is 75.3 Å². The van der Waals surface area contributed by atoms with E-state index in [0.717, 1.165) is 32.1 Å². The predicted molar refractivity (Wildman–Crippen MR) is 84.0 cm³/mol. The van der Waals surface area contributed by atoms with Crippen molar-refractivity contribution in [2.75, 3.05) is 6.54 Å². The van der Waals surface area contributed by atoms with E-state index in [-0.39, 0.29) is 18.4 Å². The highest BCUT2D eigenvalue weighted by Crippen LogP contribution is 2.33. The van der Waals surface area contributed by atoms with Crippen molar-refractivity contribution in [1.29, 1.82) is 0 Å². The van der Waals surface area contributed by atoms with Crippen molar-refractivity contribution >= 4 is 17.6 Å². The fourth-order valence-electron chi connectivity index (χ4n) is 2.64. The van der Waals surface area contributed by atoms with Crippen molar-refractivity contribution in [2.24, 2.45) is 11.8 Å². The summed E-state index contributed by atoms with van der Waals surface area (Å²) in [6.45, 7) is 3.75. The van der Waals surface area contributed by atoms with Gasteiger partial charge < -0.3 is 10.6 Å². The van der Waals surface area contributed by atoms with E-state index in [1.165, 1.54) is 6.08 Å². The van der Waals surface area contributed by atoms with Crippen LogP contribution in [0.25, 0.3) is 0 Å². The standard InChI is InChI=1S/C17H24N2O3/c1-2-10-18-17(22)15(20)14(11-12-8-9-12)19-16(21)13-6-4-3-5-7-13/h2,4,6,12-14H,1,3,5,7-11H2,(H,18,22)(H,19,21)/t13-,14?/m0/s1. The van der Waals surface area contributed by atoms with Gasteiger partial charge in [0.1, 0.15) is 0 Å². The Morgan fingerprint density at radius 3 is 2.64 bits per heavy atom. The average molecular weight is 304 g/mol. The first kappa shape index (κ1) is 16.5. The van der Waals surface area contributed by atoms with Gasteiger partial charge in [-0.2, -0.15) is 0 Å². The lowest BCUT2D eigenvalue weighted by atomic mass is 9.94. The first-order valence-corrected chi connectivity index (χ1v) is 8.01. The van der Waals surface area contributed by atoms with Crippen molar-refractivity contribution in [3.05, 3.63) is 24.8 Å². The molecule has 0 radical (unpaired) electrons. The third-order valence-corrected chi connectivity index (χ3v) is 4.12. The van der Waals surface area contributed by atoms with Gasteiger partial charge in [-0.3, -0.25) is 14.4 Å². The van der Waals surface area contributed by atoms with Crippen LogP contribution < -0.4 is 10.6 Å². The van der Waals surface area contributed by atoms with Crippen LogP contribution in [-0.2, 0) is 14.4 Å². The van der Waals surface area contributed by atoms with Gasteiger partial charge in [-0.05, 0) is 31.6 Å². The largest absolute Gasteiger partial charge is 0.346 e. The van der Waals surface area contributed by atoms with E-state index in [9.17, 15) is 14.4 Å². The molecule has 0 aliphatic heterocycles. The van der Waals surface area contributed by atoms with Gasteiger partial charge in [0.15, 0.2) is 0 Å². The number of hydrogen-bond acceptors (Lipinski definition) is 3. The van der Waals surface area contributed by atoms with Gasteiger partial charge in [-0.15, -0.1) is 6.58 Å². The van der Waals surface area contributed by atoms with Crippen LogP contribution in [0, 0.1) is 11.8 Å². The smallest absolute Gasteiger partial charge is 0.289 e. The second-order valence-electron chi connectivity index (χ2n) is 6.07. The molecule has 2 rings (SSSR count). The molecule has 0 saturated heterocycles. The summed E-state index contributed by atoms with van der Waals surface area (Å²) in [5.74, 6) is -1.08. The third kappa shape index (κ3) is 4.83. The maximum atomic E-state index is 12.3. The van der Waals surface area contributed by atoms with E-state index in [2.05, 4.69) is 17.2 Å². The lowest BCUT2D eigenvalue weighted by molar-refractivity contribution is -0.140. The number of ketones is 1. The number of amides is 2.